The molecule has 42 heavy (non-hydrogen) atoms. The lowest BCUT2D eigenvalue weighted by Gasteiger charge is -2.27. The fourth-order valence-corrected chi connectivity index (χ4v) is 3.26. The third-order valence-corrected chi connectivity index (χ3v) is 4.67. The van der Waals surface area contributed by atoms with Crippen molar-refractivity contribution in [2.45, 2.75) is 37.1 Å². The van der Waals surface area contributed by atoms with Crippen molar-refractivity contribution < 1.29 is 79.0 Å². The maximum absolute atomic E-state index is 13.8. The number of alkyl halides is 18. The van der Waals surface area contributed by atoms with Gasteiger partial charge in [0.1, 0.15) is 23.3 Å². The molecule has 2 aromatic heterocycles. The molecule has 1 aliphatic rings. The van der Waals surface area contributed by atoms with Crippen LogP contribution in [0.4, 0.5) is 79.0 Å². The first kappa shape index (κ1) is 32.5. The predicted octanol–water partition coefficient (Wildman–Crippen LogP) is 7.30. The van der Waals surface area contributed by atoms with Gasteiger partial charge in [0.25, 0.3) is 0 Å². The van der Waals surface area contributed by atoms with Crippen LogP contribution in [0, 0.1) is 5.41 Å². The fourth-order valence-electron chi connectivity index (χ4n) is 3.26. The van der Waals surface area contributed by atoms with Crippen molar-refractivity contribution in [2.24, 2.45) is 4.99 Å². The molecule has 0 fully saturated rings. The van der Waals surface area contributed by atoms with Gasteiger partial charge in [0.15, 0.2) is 22.8 Å². The van der Waals surface area contributed by atoms with Crippen LogP contribution in [0.15, 0.2) is 10.7 Å². The predicted molar refractivity (Wildman–Crippen MR) is 97.4 cm³/mol. The topological polar surface area (TPSA) is 87.8 Å². The van der Waals surface area contributed by atoms with Gasteiger partial charge in [-0.05, 0) is 0 Å². The Labute approximate surface area is 216 Å². The second kappa shape index (κ2) is 9.50. The number of nitrogens with zero attached hydrogens (tertiary/aromatic N) is 5. The molecule has 6 nitrogen and oxygen atoms in total. The average Bonchev–Trinajstić information content (AvgIpc) is 2.75. The van der Waals surface area contributed by atoms with Crippen molar-refractivity contribution in [1.29, 1.82) is 5.41 Å². The second-order valence-electron chi connectivity index (χ2n) is 7.62. The monoisotopic (exact) mass is 644 g/mol. The molecule has 3 rings (SSSR count). The minimum Gasteiger partial charge on any atom is -0.298 e. The highest BCUT2D eigenvalue weighted by Crippen LogP contribution is 2.49. The molecular formula is C18H2F18N6. The Balaban J connectivity index is 2.75. The zero-order valence-corrected chi connectivity index (χ0v) is 18.6. The van der Waals surface area contributed by atoms with Crippen molar-refractivity contribution in [3.05, 3.63) is 40.0 Å². The van der Waals surface area contributed by atoms with Crippen LogP contribution in [0.5, 0.6) is 0 Å². The molecule has 0 radical (unpaired) electrons. The molecule has 24 heteroatoms. The molecule has 230 valence electrons. The molecule has 0 aliphatic heterocycles. The molecule has 0 bridgehead atoms. The van der Waals surface area contributed by atoms with Crippen LogP contribution in [0.3, 0.4) is 0 Å². The van der Waals surface area contributed by atoms with Gasteiger partial charge in [0, 0.05) is 0 Å². The van der Waals surface area contributed by atoms with E-state index in [4.69, 9.17) is 5.41 Å². The first-order valence-electron chi connectivity index (χ1n) is 9.71. The Morgan fingerprint density at radius 1 is 0.548 bits per heavy atom. The van der Waals surface area contributed by atoms with E-state index in [-0.39, 0.29) is 0 Å². The second-order valence-corrected chi connectivity index (χ2v) is 7.62. The van der Waals surface area contributed by atoms with E-state index in [1.54, 1.807) is 0 Å². The summed E-state index contributed by atoms with van der Waals surface area (Å²) in [5, 5.41) is 7.80. The smallest absolute Gasteiger partial charge is 0.298 e. The molecule has 0 saturated carbocycles. The van der Waals surface area contributed by atoms with Crippen LogP contribution in [-0.2, 0) is 24.7 Å². The summed E-state index contributed by atoms with van der Waals surface area (Å²) in [4.78, 5) is 10.9. The Bertz CT molecular complexity index is 1500. The quantitative estimate of drug-likeness (QED) is 0.261. The van der Waals surface area contributed by atoms with E-state index in [0.717, 1.165) is 0 Å². The molecule has 0 atom stereocenters. The van der Waals surface area contributed by atoms with E-state index in [2.05, 4.69) is 19.9 Å². The van der Waals surface area contributed by atoms with Crippen LogP contribution in [0.1, 0.15) is 34.3 Å². The van der Waals surface area contributed by atoms with E-state index in [1.807, 2.05) is 4.99 Å². The highest BCUT2D eigenvalue weighted by Gasteiger charge is 2.52. The molecule has 0 amide bonds. The summed E-state index contributed by atoms with van der Waals surface area (Å²) in [6.45, 7) is 0. The third-order valence-electron chi connectivity index (χ3n) is 4.67. The van der Waals surface area contributed by atoms with Crippen LogP contribution < -0.4 is 0 Å². The number of aromatic nitrogens is 4. The number of allylic oxidation sites excluding steroid dienone is 2. The molecule has 0 aromatic carbocycles. The van der Waals surface area contributed by atoms with E-state index in [9.17, 15) is 79.0 Å². The number of halogens is 18. The van der Waals surface area contributed by atoms with E-state index < -0.39 is 106 Å². The van der Waals surface area contributed by atoms with E-state index in [1.165, 1.54) is 0 Å². The van der Waals surface area contributed by atoms with Gasteiger partial charge in [-0.1, -0.05) is 0 Å². The first-order chi connectivity index (χ1) is 18.5. The van der Waals surface area contributed by atoms with E-state index >= 15 is 0 Å². The van der Waals surface area contributed by atoms with Crippen molar-refractivity contribution in [1.82, 2.24) is 19.9 Å². The van der Waals surface area contributed by atoms with Crippen LogP contribution >= 0.6 is 0 Å². The highest BCUT2D eigenvalue weighted by molar-refractivity contribution is 6.35. The molecule has 0 unspecified atom stereocenters. The lowest BCUT2D eigenvalue weighted by molar-refractivity contribution is -0.167. The lowest BCUT2D eigenvalue weighted by Crippen LogP contribution is -2.30. The van der Waals surface area contributed by atoms with Gasteiger partial charge >= 0.3 is 37.1 Å². The largest absolute Gasteiger partial charge is 0.451 e. The van der Waals surface area contributed by atoms with E-state index in [0.29, 0.717) is 0 Å². The Morgan fingerprint density at radius 3 is 1.38 bits per heavy atom. The third kappa shape index (κ3) is 6.24. The normalized spacial score (nSPS) is 16.6. The SMILES string of the molecule is N=C1C(=C(N=CC(F)(F)F)C(F)(F)F)c2nc(C(F)(F)F)c(C(F)(F)F)nc2-c2c1nc(C(F)(F)F)nc2C(F)(F)F. The number of nitrogens with one attached hydrogen (secondary N) is 1. The lowest BCUT2D eigenvalue weighted by atomic mass is 9.86. The highest BCUT2D eigenvalue weighted by atomic mass is 19.4. The summed E-state index contributed by atoms with van der Waals surface area (Å²) in [5.74, 6) is -2.86. The van der Waals surface area contributed by atoms with Gasteiger partial charge in [-0.25, -0.2) is 24.9 Å². The summed E-state index contributed by atoms with van der Waals surface area (Å²) in [7, 11) is 0. The van der Waals surface area contributed by atoms with Crippen molar-refractivity contribution in [2.75, 3.05) is 0 Å². The zero-order chi connectivity index (χ0) is 32.6. The summed E-state index contributed by atoms with van der Waals surface area (Å²) >= 11 is 0. The molecule has 0 saturated heterocycles. The standard InChI is InChI=1S/C18H2F18N6/c19-13(20,21)1-38-8(14(22,23)24)2-4(37)5-3(9(15(25,26)27)42-12(41-5)18(34,35)36)7-6(2)39-10(16(28,29)30)11(40-7)17(31,32)33/h1,37H. The van der Waals surface area contributed by atoms with Gasteiger partial charge in [0.05, 0.1) is 16.8 Å². The van der Waals surface area contributed by atoms with Gasteiger partial charge in [-0.15, -0.1) is 0 Å². The van der Waals surface area contributed by atoms with Crippen molar-refractivity contribution in [3.63, 3.8) is 0 Å². The zero-order valence-electron chi connectivity index (χ0n) is 18.6. The summed E-state index contributed by atoms with van der Waals surface area (Å²) in [6, 6.07) is 0. The molecule has 0 spiro atoms. The number of rotatable bonds is 1. The number of hydrogen-bond donors (Lipinski definition) is 1. The summed E-state index contributed by atoms with van der Waals surface area (Å²) < 4.78 is 241. The summed E-state index contributed by atoms with van der Waals surface area (Å²) in [5.41, 5.74) is -26.6. The molecule has 2 aromatic rings. The van der Waals surface area contributed by atoms with Gasteiger partial charge in [-0.2, -0.15) is 79.0 Å². The molecular weight excluding hydrogens is 642 g/mol. The molecule has 1 aliphatic carbocycles. The maximum Gasteiger partial charge on any atom is 0.451 e. The van der Waals surface area contributed by atoms with Crippen molar-refractivity contribution in [3.8, 4) is 11.3 Å². The fraction of sp³-hybridized carbons (Fsp3) is 0.333. The van der Waals surface area contributed by atoms with Crippen molar-refractivity contribution >= 4 is 17.5 Å². The Kier molecular flexibility index (Phi) is 7.35. The van der Waals surface area contributed by atoms with Crippen LogP contribution in [0.2, 0.25) is 0 Å². The minimum atomic E-state index is -6.31. The maximum atomic E-state index is 13.8. The van der Waals surface area contributed by atoms with Crippen LogP contribution in [-0.4, -0.2) is 44.2 Å². The number of fused-ring (bicyclic) bond motifs is 3. The Morgan fingerprint density at radius 2 is 1.00 bits per heavy atom. The van der Waals surface area contributed by atoms with Gasteiger partial charge in [0.2, 0.25) is 5.82 Å². The molecule has 1 N–H and O–H groups in total. The molecule has 2 heterocycles. The van der Waals surface area contributed by atoms with Gasteiger partial charge in [-0.3, -0.25) is 5.41 Å². The average molecular weight is 644 g/mol. The summed E-state index contributed by atoms with van der Waals surface area (Å²) in [6.07, 6.45) is -38.3. The number of aliphatic imine (C=N–C) groups is 1. The first-order valence-corrected chi connectivity index (χ1v) is 9.71. The Hall–Kier alpha value is -4.02. The minimum absolute atomic E-state index is 1.49. The number of hydrogen-bond acceptors (Lipinski definition) is 6. The van der Waals surface area contributed by atoms with Gasteiger partial charge < -0.3 is 0 Å². The van der Waals surface area contributed by atoms with Crippen LogP contribution in [0.25, 0.3) is 16.8 Å².